The molecule has 1 N–H and O–H groups in total. The molecule has 160 valence electrons. The highest BCUT2D eigenvalue weighted by Gasteiger charge is 2.17. The Morgan fingerprint density at radius 2 is 1.73 bits per heavy atom. The minimum atomic E-state index is 0.0143. The quantitative estimate of drug-likeness (QED) is 0.443. The molecule has 2 aromatic carbocycles. The molecule has 0 atom stereocenters. The summed E-state index contributed by atoms with van der Waals surface area (Å²) in [6, 6.07) is 22.2. The van der Waals surface area contributed by atoms with Gasteiger partial charge in [-0.3, -0.25) is 4.40 Å². The third kappa shape index (κ3) is 3.26. The predicted molar refractivity (Wildman–Crippen MR) is 127 cm³/mol. The van der Waals surface area contributed by atoms with Crippen molar-refractivity contribution in [2.45, 2.75) is 6.61 Å². The van der Waals surface area contributed by atoms with Crippen molar-refractivity contribution < 1.29 is 5.11 Å². The Bertz CT molecular complexity index is 1600. The topological polar surface area (TPSA) is 81.1 Å². The van der Waals surface area contributed by atoms with Crippen molar-refractivity contribution in [2.75, 3.05) is 0 Å². The van der Waals surface area contributed by atoms with Gasteiger partial charge in [0.1, 0.15) is 5.69 Å². The Labute approximate surface area is 189 Å². The third-order valence-electron chi connectivity index (χ3n) is 5.80. The van der Waals surface area contributed by atoms with E-state index in [4.69, 9.17) is 4.98 Å². The molecular formula is C26H20N6O. The van der Waals surface area contributed by atoms with Gasteiger partial charge in [-0.1, -0.05) is 54.6 Å². The second-order valence-electron chi connectivity index (χ2n) is 8.00. The van der Waals surface area contributed by atoms with Gasteiger partial charge in [-0.05, 0) is 23.3 Å². The highest BCUT2D eigenvalue weighted by Crippen LogP contribution is 2.35. The molecule has 7 nitrogen and oxygen atoms in total. The van der Waals surface area contributed by atoms with Crippen LogP contribution in [0.2, 0.25) is 0 Å². The summed E-state index contributed by atoms with van der Waals surface area (Å²) in [5.41, 5.74) is 7.16. The fourth-order valence-corrected chi connectivity index (χ4v) is 4.12. The second-order valence-corrected chi connectivity index (χ2v) is 8.00. The summed E-state index contributed by atoms with van der Waals surface area (Å²) >= 11 is 0. The number of imidazole rings is 1. The molecule has 7 heteroatoms. The normalized spacial score (nSPS) is 11.5. The van der Waals surface area contributed by atoms with E-state index >= 15 is 0 Å². The van der Waals surface area contributed by atoms with Gasteiger partial charge in [0.15, 0.2) is 11.5 Å². The standard InChI is InChI=1S/C26H20N6O/c1-31-14-23(27-16-31)26-30-29-25-21-13-20(18-5-3-2-4-6-18)24(28-22(21)11-12-32(25)26)19-9-7-17(15-33)8-10-19/h2-14,16,33H,15H2,1H3. The summed E-state index contributed by atoms with van der Waals surface area (Å²) in [5, 5.41) is 19.2. The number of nitrogens with zero attached hydrogens (tertiary/aromatic N) is 6. The van der Waals surface area contributed by atoms with E-state index in [-0.39, 0.29) is 6.61 Å². The molecule has 6 aromatic rings. The minimum Gasteiger partial charge on any atom is -0.392 e. The van der Waals surface area contributed by atoms with E-state index in [0.717, 1.165) is 50.2 Å². The van der Waals surface area contributed by atoms with Crippen LogP contribution in [0.15, 0.2) is 85.5 Å². The van der Waals surface area contributed by atoms with Crippen LogP contribution in [0.3, 0.4) is 0 Å². The van der Waals surface area contributed by atoms with E-state index in [1.165, 1.54) is 0 Å². The molecule has 0 aliphatic carbocycles. The zero-order valence-corrected chi connectivity index (χ0v) is 17.9. The van der Waals surface area contributed by atoms with Crippen molar-refractivity contribution in [1.82, 2.24) is 29.1 Å². The molecule has 0 aliphatic heterocycles. The van der Waals surface area contributed by atoms with Crippen LogP contribution >= 0.6 is 0 Å². The molecule has 0 bridgehead atoms. The van der Waals surface area contributed by atoms with Crippen LogP contribution in [0.25, 0.3) is 50.5 Å². The second kappa shape index (κ2) is 7.65. The Hall–Kier alpha value is -4.36. The van der Waals surface area contributed by atoms with E-state index < -0.39 is 0 Å². The monoisotopic (exact) mass is 432 g/mol. The van der Waals surface area contributed by atoms with Crippen molar-refractivity contribution in [3.8, 4) is 33.9 Å². The van der Waals surface area contributed by atoms with Crippen LogP contribution in [0.5, 0.6) is 0 Å². The number of pyridine rings is 2. The maximum atomic E-state index is 9.42. The Morgan fingerprint density at radius 1 is 0.909 bits per heavy atom. The maximum Gasteiger partial charge on any atom is 0.188 e. The Morgan fingerprint density at radius 3 is 2.45 bits per heavy atom. The molecule has 6 rings (SSSR count). The molecule has 4 heterocycles. The largest absolute Gasteiger partial charge is 0.392 e. The number of fused-ring (bicyclic) bond motifs is 3. The molecule has 0 saturated carbocycles. The van der Waals surface area contributed by atoms with Gasteiger partial charge in [0, 0.05) is 36.0 Å². The highest BCUT2D eigenvalue weighted by molar-refractivity contribution is 5.98. The first-order chi connectivity index (χ1) is 16.2. The number of hydrogen-bond acceptors (Lipinski definition) is 5. The fraction of sp³-hybridized carbons (Fsp3) is 0.0769. The molecule has 0 fully saturated rings. The van der Waals surface area contributed by atoms with Gasteiger partial charge < -0.3 is 9.67 Å². The number of aliphatic hydroxyl groups is 1. The van der Waals surface area contributed by atoms with E-state index in [1.807, 2.05) is 76.9 Å². The molecule has 33 heavy (non-hydrogen) atoms. The summed E-state index contributed by atoms with van der Waals surface area (Å²) in [6.07, 6.45) is 5.61. The van der Waals surface area contributed by atoms with Gasteiger partial charge in [-0.25, -0.2) is 9.97 Å². The zero-order chi connectivity index (χ0) is 22.4. The van der Waals surface area contributed by atoms with Gasteiger partial charge in [-0.2, -0.15) is 0 Å². The van der Waals surface area contributed by atoms with Gasteiger partial charge in [-0.15, -0.1) is 10.2 Å². The Kier molecular flexibility index (Phi) is 4.48. The fourth-order valence-electron chi connectivity index (χ4n) is 4.12. The lowest BCUT2D eigenvalue weighted by atomic mass is 9.97. The molecule has 0 spiro atoms. The first-order valence-corrected chi connectivity index (χ1v) is 10.6. The van der Waals surface area contributed by atoms with Gasteiger partial charge >= 0.3 is 0 Å². The van der Waals surface area contributed by atoms with Crippen molar-refractivity contribution >= 4 is 16.6 Å². The van der Waals surface area contributed by atoms with E-state index in [2.05, 4.69) is 33.4 Å². The van der Waals surface area contributed by atoms with Crippen LogP contribution in [0.1, 0.15) is 5.56 Å². The van der Waals surface area contributed by atoms with Crippen LogP contribution in [-0.2, 0) is 13.7 Å². The summed E-state index contributed by atoms with van der Waals surface area (Å²) in [5.74, 6) is 0.692. The predicted octanol–water partition coefficient (Wildman–Crippen LogP) is 4.50. The number of aromatic nitrogens is 6. The van der Waals surface area contributed by atoms with Crippen LogP contribution in [-0.4, -0.2) is 34.2 Å². The summed E-state index contributed by atoms with van der Waals surface area (Å²) < 4.78 is 3.84. The lowest BCUT2D eigenvalue weighted by Gasteiger charge is -2.12. The van der Waals surface area contributed by atoms with E-state index in [9.17, 15) is 5.11 Å². The van der Waals surface area contributed by atoms with Gasteiger partial charge in [0.25, 0.3) is 0 Å². The summed E-state index contributed by atoms with van der Waals surface area (Å²) in [6.45, 7) is 0.0143. The minimum absolute atomic E-state index is 0.0143. The number of aliphatic hydroxyl groups excluding tert-OH is 1. The van der Waals surface area contributed by atoms with Crippen molar-refractivity contribution in [3.05, 3.63) is 91.0 Å². The molecule has 0 amide bonds. The first kappa shape index (κ1) is 19.3. The third-order valence-corrected chi connectivity index (χ3v) is 5.80. The maximum absolute atomic E-state index is 9.42. The SMILES string of the molecule is Cn1cnc(-c2nnc3c4cc(-c5ccccc5)c(-c5ccc(CO)cc5)nc4ccn23)c1. The van der Waals surface area contributed by atoms with Crippen LogP contribution in [0, 0.1) is 0 Å². The summed E-state index contributed by atoms with van der Waals surface area (Å²) in [7, 11) is 1.93. The molecule has 0 saturated heterocycles. The number of rotatable bonds is 4. The highest BCUT2D eigenvalue weighted by atomic mass is 16.3. The number of benzene rings is 2. The van der Waals surface area contributed by atoms with Gasteiger partial charge in [0.05, 0.1) is 24.1 Å². The van der Waals surface area contributed by atoms with E-state index in [0.29, 0.717) is 5.82 Å². The molecule has 0 aliphatic rings. The average Bonchev–Trinajstić information content (AvgIpc) is 3.50. The lowest BCUT2D eigenvalue weighted by Crippen LogP contribution is -1.95. The molecule has 4 aromatic heterocycles. The number of hydrogen-bond donors (Lipinski definition) is 1. The average molecular weight is 432 g/mol. The van der Waals surface area contributed by atoms with Crippen LogP contribution < -0.4 is 0 Å². The zero-order valence-electron chi connectivity index (χ0n) is 17.9. The lowest BCUT2D eigenvalue weighted by molar-refractivity contribution is 0.282. The molecule has 0 unspecified atom stereocenters. The number of aryl methyl sites for hydroxylation is 1. The molecular weight excluding hydrogens is 412 g/mol. The smallest absolute Gasteiger partial charge is 0.188 e. The van der Waals surface area contributed by atoms with Crippen molar-refractivity contribution in [3.63, 3.8) is 0 Å². The molecule has 0 radical (unpaired) electrons. The van der Waals surface area contributed by atoms with Crippen molar-refractivity contribution in [2.24, 2.45) is 7.05 Å². The van der Waals surface area contributed by atoms with Gasteiger partial charge in [0.2, 0.25) is 0 Å². The van der Waals surface area contributed by atoms with Crippen LogP contribution in [0.4, 0.5) is 0 Å². The van der Waals surface area contributed by atoms with E-state index in [1.54, 1.807) is 6.33 Å². The summed E-state index contributed by atoms with van der Waals surface area (Å²) in [4.78, 5) is 9.48. The first-order valence-electron chi connectivity index (χ1n) is 10.6. The van der Waals surface area contributed by atoms with Crippen molar-refractivity contribution in [1.29, 1.82) is 0 Å². The Balaban J connectivity index is 1.61.